The molecule has 0 unspecified atom stereocenters. The minimum absolute atomic E-state index is 0.122. The lowest BCUT2D eigenvalue weighted by Gasteiger charge is -2.30. The molecule has 0 atom stereocenters. The summed E-state index contributed by atoms with van der Waals surface area (Å²) in [4.78, 5) is 19.2. The van der Waals surface area contributed by atoms with E-state index in [1.807, 2.05) is 49.4 Å². The van der Waals surface area contributed by atoms with Crippen LogP contribution in [0.3, 0.4) is 0 Å². The summed E-state index contributed by atoms with van der Waals surface area (Å²) in [6, 6.07) is 13.4. The summed E-state index contributed by atoms with van der Waals surface area (Å²) in [6.07, 6.45) is 5.11. The molecule has 30 heavy (non-hydrogen) atoms. The van der Waals surface area contributed by atoms with Crippen LogP contribution in [0.25, 0.3) is 6.08 Å². The van der Waals surface area contributed by atoms with Gasteiger partial charge in [-0.25, -0.2) is 0 Å². The Morgan fingerprint density at radius 1 is 1.20 bits per heavy atom. The molecule has 0 saturated heterocycles. The van der Waals surface area contributed by atoms with Crippen LogP contribution in [-0.2, 0) is 13.1 Å². The predicted molar refractivity (Wildman–Crippen MR) is 115 cm³/mol. The minimum atomic E-state index is -0.122. The second-order valence-corrected chi connectivity index (χ2v) is 7.85. The highest BCUT2D eigenvalue weighted by molar-refractivity contribution is 6.31. The molecule has 0 amide bonds. The Hall–Kier alpha value is -3.15. The third-order valence-electron chi connectivity index (χ3n) is 5.34. The average molecular weight is 419 g/mol. The first-order chi connectivity index (χ1) is 14.6. The van der Waals surface area contributed by atoms with Crippen molar-refractivity contribution in [3.63, 3.8) is 0 Å². The van der Waals surface area contributed by atoms with E-state index >= 15 is 0 Å². The largest absolute Gasteiger partial charge is 0.477 e. The number of hydrogen-bond acceptors (Lipinski definition) is 5. The van der Waals surface area contributed by atoms with Gasteiger partial charge in [-0.3, -0.25) is 14.7 Å². The molecule has 0 spiro atoms. The molecule has 0 fully saturated rings. The summed E-state index contributed by atoms with van der Waals surface area (Å²) in [5.74, 6) is 1.55. The second-order valence-electron chi connectivity index (χ2n) is 7.44. The summed E-state index contributed by atoms with van der Waals surface area (Å²) in [5.41, 5.74) is 4.26. The van der Waals surface area contributed by atoms with Crippen LogP contribution in [0.5, 0.6) is 11.5 Å². The zero-order chi connectivity index (χ0) is 20.7. The number of allylic oxidation sites excluding steroid dienone is 1. The summed E-state index contributed by atoms with van der Waals surface area (Å²) in [7, 11) is 0. The molecule has 3 aromatic rings. The van der Waals surface area contributed by atoms with E-state index in [0.29, 0.717) is 36.9 Å². The number of fused-ring (bicyclic) bond motifs is 2. The SMILES string of the molecule is Cc1c2c(cc3c1O/C(=C\c1cccnc1)C3=O)CN(Cc1ccccc1Cl)CO2. The molecule has 1 aromatic heterocycles. The third kappa shape index (κ3) is 3.36. The fourth-order valence-electron chi connectivity index (χ4n) is 3.88. The lowest BCUT2D eigenvalue weighted by Crippen LogP contribution is -2.32. The minimum Gasteiger partial charge on any atom is -0.477 e. The van der Waals surface area contributed by atoms with Crippen molar-refractivity contribution in [2.24, 2.45) is 0 Å². The van der Waals surface area contributed by atoms with Crippen LogP contribution in [0, 0.1) is 6.92 Å². The molecule has 2 aliphatic rings. The molecule has 0 radical (unpaired) electrons. The van der Waals surface area contributed by atoms with E-state index in [1.165, 1.54) is 0 Å². The predicted octanol–water partition coefficient (Wildman–Crippen LogP) is 5.01. The number of nitrogens with zero attached hydrogens (tertiary/aromatic N) is 2. The molecular formula is C24H19ClN2O3. The van der Waals surface area contributed by atoms with Crippen molar-refractivity contribution in [3.8, 4) is 11.5 Å². The summed E-state index contributed by atoms with van der Waals surface area (Å²) < 4.78 is 12.0. The Labute approximate surface area is 179 Å². The second kappa shape index (κ2) is 7.59. The van der Waals surface area contributed by atoms with Crippen LogP contribution in [0.4, 0.5) is 0 Å². The number of aromatic nitrogens is 1. The number of hydrogen-bond donors (Lipinski definition) is 0. The van der Waals surface area contributed by atoms with Gasteiger partial charge < -0.3 is 9.47 Å². The highest BCUT2D eigenvalue weighted by Crippen LogP contribution is 2.43. The van der Waals surface area contributed by atoms with Gasteiger partial charge in [0.1, 0.15) is 18.2 Å². The van der Waals surface area contributed by atoms with Crippen molar-refractivity contribution < 1.29 is 14.3 Å². The number of halogens is 1. The lowest BCUT2D eigenvalue weighted by molar-refractivity contribution is 0.0877. The highest BCUT2D eigenvalue weighted by Gasteiger charge is 2.33. The van der Waals surface area contributed by atoms with Crippen LogP contribution in [0.2, 0.25) is 5.02 Å². The van der Waals surface area contributed by atoms with Gasteiger partial charge in [0.05, 0.1) is 5.56 Å². The fraction of sp³-hybridized carbons (Fsp3) is 0.167. The molecule has 0 saturated carbocycles. The molecule has 0 aliphatic carbocycles. The normalized spacial score (nSPS) is 16.7. The van der Waals surface area contributed by atoms with Gasteiger partial charge in [0.25, 0.3) is 0 Å². The third-order valence-corrected chi connectivity index (χ3v) is 5.70. The fourth-order valence-corrected chi connectivity index (χ4v) is 4.07. The number of benzene rings is 2. The van der Waals surface area contributed by atoms with E-state index in [4.69, 9.17) is 21.1 Å². The quantitative estimate of drug-likeness (QED) is 0.559. The molecular weight excluding hydrogens is 400 g/mol. The molecule has 150 valence electrons. The molecule has 5 nitrogen and oxygen atoms in total. The maximum atomic E-state index is 13.0. The van der Waals surface area contributed by atoms with Gasteiger partial charge in [-0.1, -0.05) is 35.9 Å². The Morgan fingerprint density at radius 3 is 2.87 bits per heavy atom. The van der Waals surface area contributed by atoms with E-state index < -0.39 is 0 Å². The first-order valence-corrected chi connectivity index (χ1v) is 10.1. The number of carbonyl (C=O) groups excluding carboxylic acids is 1. The summed E-state index contributed by atoms with van der Waals surface area (Å²) in [5, 5.41) is 0.738. The number of ketones is 1. The first kappa shape index (κ1) is 18.9. The van der Waals surface area contributed by atoms with Crippen LogP contribution in [0.1, 0.15) is 32.6 Å². The van der Waals surface area contributed by atoms with E-state index in [9.17, 15) is 4.79 Å². The van der Waals surface area contributed by atoms with Gasteiger partial charge in [0.2, 0.25) is 5.78 Å². The molecule has 6 heteroatoms. The molecule has 5 rings (SSSR count). The van der Waals surface area contributed by atoms with Gasteiger partial charge in [-0.15, -0.1) is 0 Å². The number of rotatable bonds is 3. The van der Waals surface area contributed by atoms with Gasteiger partial charge in [-0.05, 0) is 42.3 Å². The van der Waals surface area contributed by atoms with Gasteiger partial charge >= 0.3 is 0 Å². The van der Waals surface area contributed by atoms with E-state index in [0.717, 1.165) is 33.0 Å². The van der Waals surface area contributed by atoms with Gasteiger partial charge in [-0.2, -0.15) is 0 Å². The van der Waals surface area contributed by atoms with Crippen LogP contribution < -0.4 is 9.47 Å². The molecule has 2 aromatic carbocycles. The van der Waals surface area contributed by atoms with E-state index in [2.05, 4.69) is 9.88 Å². The van der Waals surface area contributed by atoms with Crippen molar-refractivity contribution in [2.75, 3.05) is 6.73 Å². The maximum absolute atomic E-state index is 13.0. The van der Waals surface area contributed by atoms with Crippen molar-refractivity contribution >= 4 is 23.5 Å². The number of Topliss-reactive ketones (excluding diaryl/α,β-unsaturated/α-hetero) is 1. The van der Waals surface area contributed by atoms with Gasteiger partial charge in [0, 0.05) is 41.6 Å². The zero-order valence-corrected chi connectivity index (χ0v) is 17.1. The Bertz CT molecular complexity index is 1170. The zero-order valence-electron chi connectivity index (χ0n) is 16.4. The van der Waals surface area contributed by atoms with Crippen molar-refractivity contribution in [1.29, 1.82) is 0 Å². The molecule has 2 aliphatic heterocycles. The monoisotopic (exact) mass is 418 g/mol. The van der Waals surface area contributed by atoms with Crippen molar-refractivity contribution in [1.82, 2.24) is 9.88 Å². The van der Waals surface area contributed by atoms with E-state index in [1.54, 1.807) is 18.5 Å². The Kier molecular flexibility index (Phi) is 4.77. The Morgan fingerprint density at radius 2 is 2.07 bits per heavy atom. The lowest BCUT2D eigenvalue weighted by atomic mass is 10.00. The molecule has 0 bridgehead atoms. The number of carbonyl (C=O) groups is 1. The number of pyridine rings is 1. The van der Waals surface area contributed by atoms with Crippen LogP contribution in [-0.4, -0.2) is 22.4 Å². The van der Waals surface area contributed by atoms with Gasteiger partial charge in [0.15, 0.2) is 5.76 Å². The average Bonchev–Trinajstić information content (AvgIpc) is 3.06. The smallest absolute Gasteiger partial charge is 0.231 e. The van der Waals surface area contributed by atoms with Crippen LogP contribution >= 0.6 is 11.6 Å². The topological polar surface area (TPSA) is 51.7 Å². The summed E-state index contributed by atoms with van der Waals surface area (Å²) in [6.45, 7) is 3.72. The highest BCUT2D eigenvalue weighted by atomic mass is 35.5. The molecule has 0 N–H and O–H groups in total. The summed E-state index contributed by atoms with van der Waals surface area (Å²) >= 11 is 6.31. The van der Waals surface area contributed by atoms with E-state index in [-0.39, 0.29) is 5.78 Å². The molecule has 3 heterocycles. The van der Waals surface area contributed by atoms with Crippen LogP contribution in [0.15, 0.2) is 60.6 Å². The number of ether oxygens (including phenoxy) is 2. The van der Waals surface area contributed by atoms with Crippen molar-refractivity contribution in [3.05, 3.63) is 93.5 Å². The van der Waals surface area contributed by atoms with Crippen molar-refractivity contribution in [2.45, 2.75) is 20.0 Å². The first-order valence-electron chi connectivity index (χ1n) is 9.69. The standard InChI is InChI=1S/C24H19ClN2O3/c1-15-23-18(13-27(14-29-23)12-17-6-2-3-7-20(17)25)10-19-22(28)21(30-24(15)19)9-16-5-4-8-26-11-16/h2-11H,12-14H2,1H3/b21-9-. The maximum Gasteiger partial charge on any atom is 0.231 e. The Balaban J connectivity index is 1.43.